The monoisotopic (exact) mass is 448 g/mol. The number of amides is 1. The summed E-state index contributed by atoms with van der Waals surface area (Å²) in [5.41, 5.74) is 3.07. The highest BCUT2D eigenvalue weighted by Crippen LogP contribution is 2.42. The van der Waals surface area contributed by atoms with E-state index in [2.05, 4.69) is 22.0 Å². The largest absolute Gasteiger partial charge is 0.497 e. The molecule has 1 aliphatic heterocycles. The molecule has 9 heteroatoms. The van der Waals surface area contributed by atoms with E-state index in [1.807, 2.05) is 29.2 Å². The molecular formula is C24H28N6O3. The third-order valence-corrected chi connectivity index (χ3v) is 6.31. The summed E-state index contributed by atoms with van der Waals surface area (Å²) in [5.74, 6) is 2.19. The second-order valence-electron chi connectivity index (χ2n) is 8.53. The number of aromatic nitrogens is 4. The number of carbonyl (C=O) groups is 1. The summed E-state index contributed by atoms with van der Waals surface area (Å²) in [6.45, 7) is 3.22. The molecule has 0 atom stereocenters. The average Bonchev–Trinajstić information content (AvgIpc) is 3.61. The van der Waals surface area contributed by atoms with Crippen LogP contribution in [-0.4, -0.2) is 82.9 Å². The number of ether oxygens (including phenoxy) is 2. The maximum atomic E-state index is 13.3. The number of rotatable bonds is 6. The van der Waals surface area contributed by atoms with Crippen molar-refractivity contribution in [2.45, 2.75) is 18.8 Å². The first kappa shape index (κ1) is 21.4. The number of likely N-dealkylation sites (N-methyl/N-ethyl adjacent to an activating group) is 1. The first-order valence-corrected chi connectivity index (χ1v) is 11.2. The summed E-state index contributed by atoms with van der Waals surface area (Å²) in [5, 5.41) is 4.57. The minimum absolute atomic E-state index is 0.0434. The van der Waals surface area contributed by atoms with Gasteiger partial charge in [0.25, 0.3) is 11.9 Å². The normalized spacial score (nSPS) is 16.6. The number of hydrogen-bond acceptors (Lipinski definition) is 7. The van der Waals surface area contributed by atoms with E-state index >= 15 is 0 Å². The van der Waals surface area contributed by atoms with Crippen molar-refractivity contribution >= 4 is 5.91 Å². The van der Waals surface area contributed by atoms with Crippen molar-refractivity contribution < 1.29 is 14.3 Å². The molecule has 0 radical (unpaired) electrons. The standard InChI is InChI=1S/C24H28N6O3/c1-28-10-12-29(13-11-28)23(31)19-15-26-30(22(19)16-4-5-16)24-25-9-8-20(27-24)18-14-17(32-2)6-7-21(18)33-3/h6-9,14-16H,4-5,10-13H2,1-3H3. The van der Waals surface area contributed by atoms with Crippen molar-refractivity contribution in [3.8, 4) is 28.7 Å². The van der Waals surface area contributed by atoms with Crippen LogP contribution in [0.1, 0.15) is 34.8 Å². The molecule has 1 aliphatic carbocycles. The van der Waals surface area contributed by atoms with Gasteiger partial charge in [0, 0.05) is 43.9 Å². The molecule has 0 N–H and O–H groups in total. The highest BCUT2D eigenvalue weighted by atomic mass is 16.5. The molecule has 2 aliphatic rings. The van der Waals surface area contributed by atoms with Gasteiger partial charge in [-0.2, -0.15) is 5.10 Å². The van der Waals surface area contributed by atoms with Gasteiger partial charge in [-0.25, -0.2) is 14.6 Å². The van der Waals surface area contributed by atoms with Gasteiger partial charge < -0.3 is 19.3 Å². The van der Waals surface area contributed by atoms with Gasteiger partial charge in [0.2, 0.25) is 0 Å². The smallest absolute Gasteiger partial charge is 0.257 e. The van der Waals surface area contributed by atoms with Crippen LogP contribution < -0.4 is 9.47 Å². The molecule has 0 spiro atoms. The van der Waals surface area contributed by atoms with E-state index in [1.165, 1.54) is 0 Å². The van der Waals surface area contributed by atoms with E-state index < -0.39 is 0 Å². The van der Waals surface area contributed by atoms with Gasteiger partial charge in [0.1, 0.15) is 11.5 Å². The fourth-order valence-corrected chi connectivity index (χ4v) is 4.23. The molecule has 0 bridgehead atoms. The lowest BCUT2D eigenvalue weighted by Crippen LogP contribution is -2.47. The number of piperazine rings is 1. The Balaban J connectivity index is 1.52. The molecule has 0 unspecified atom stereocenters. The van der Waals surface area contributed by atoms with Crippen LogP contribution in [-0.2, 0) is 0 Å². The van der Waals surface area contributed by atoms with Crippen LogP contribution in [0, 0.1) is 0 Å². The van der Waals surface area contributed by atoms with Gasteiger partial charge in [-0.3, -0.25) is 4.79 Å². The first-order valence-electron chi connectivity index (χ1n) is 11.2. The minimum atomic E-state index is 0.0434. The van der Waals surface area contributed by atoms with E-state index in [9.17, 15) is 4.79 Å². The SMILES string of the molecule is COc1ccc(OC)c(-c2ccnc(-n3ncc(C(=O)N4CCN(C)CC4)c3C3CC3)n2)c1. The summed E-state index contributed by atoms with van der Waals surface area (Å²) in [7, 11) is 5.33. The fraction of sp³-hybridized carbons (Fsp3) is 0.417. The van der Waals surface area contributed by atoms with Crippen molar-refractivity contribution in [1.82, 2.24) is 29.5 Å². The Hall–Kier alpha value is -3.46. The zero-order valence-electron chi connectivity index (χ0n) is 19.2. The molecular weight excluding hydrogens is 420 g/mol. The lowest BCUT2D eigenvalue weighted by atomic mass is 10.1. The Bertz CT molecular complexity index is 1160. The maximum Gasteiger partial charge on any atom is 0.257 e. The Kier molecular flexibility index (Phi) is 5.72. The van der Waals surface area contributed by atoms with E-state index in [0.717, 1.165) is 50.3 Å². The van der Waals surface area contributed by atoms with Gasteiger partial charge in [-0.05, 0) is 44.2 Å². The molecule has 1 saturated heterocycles. The van der Waals surface area contributed by atoms with Crippen LogP contribution in [0.15, 0.2) is 36.7 Å². The van der Waals surface area contributed by atoms with Crippen molar-refractivity contribution in [3.63, 3.8) is 0 Å². The van der Waals surface area contributed by atoms with Gasteiger partial charge in [0.05, 0.1) is 37.4 Å². The topological polar surface area (TPSA) is 85.6 Å². The predicted octanol–water partition coefficient (Wildman–Crippen LogP) is 2.61. The molecule has 2 fully saturated rings. The second kappa shape index (κ2) is 8.82. The maximum absolute atomic E-state index is 13.3. The summed E-state index contributed by atoms with van der Waals surface area (Å²) in [6, 6.07) is 7.42. The predicted molar refractivity (Wildman–Crippen MR) is 123 cm³/mol. The quantitative estimate of drug-likeness (QED) is 0.573. The highest BCUT2D eigenvalue weighted by molar-refractivity contribution is 5.95. The summed E-state index contributed by atoms with van der Waals surface area (Å²) in [6.07, 6.45) is 5.46. The zero-order valence-corrected chi connectivity index (χ0v) is 19.2. The van der Waals surface area contributed by atoms with Crippen LogP contribution in [0.25, 0.3) is 17.2 Å². The molecule has 172 valence electrons. The van der Waals surface area contributed by atoms with Crippen LogP contribution in [0.5, 0.6) is 11.5 Å². The Morgan fingerprint density at radius 1 is 1.06 bits per heavy atom. The average molecular weight is 449 g/mol. The van der Waals surface area contributed by atoms with Crippen LogP contribution >= 0.6 is 0 Å². The van der Waals surface area contributed by atoms with Gasteiger partial charge in [0.15, 0.2) is 0 Å². The Morgan fingerprint density at radius 3 is 2.55 bits per heavy atom. The number of benzene rings is 1. The molecule has 5 rings (SSSR count). The van der Waals surface area contributed by atoms with Crippen molar-refractivity contribution in [2.24, 2.45) is 0 Å². The van der Waals surface area contributed by atoms with Crippen molar-refractivity contribution in [1.29, 1.82) is 0 Å². The van der Waals surface area contributed by atoms with E-state index in [0.29, 0.717) is 34.6 Å². The Labute approximate surface area is 193 Å². The zero-order chi connectivity index (χ0) is 22.9. The molecule has 9 nitrogen and oxygen atoms in total. The molecule has 1 saturated carbocycles. The van der Waals surface area contributed by atoms with E-state index in [-0.39, 0.29) is 5.91 Å². The van der Waals surface area contributed by atoms with E-state index in [1.54, 1.807) is 31.3 Å². The number of methoxy groups -OCH3 is 2. The molecule has 3 aromatic rings. The molecule has 1 aromatic carbocycles. The number of hydrogen-bond donors (Lipinski definition) is 0. The van der Waals surface area contributed by atoms with Gasteiger partial charge in [-0.15, -0.1) is 0 Å². The van der Waals surface area contributed by atoms with Crippen LogP contribution in [0.4, 0.5) is 0 Å². The van der Waals surface area contributed by atoms with Gasteiger partial charge >= 0.3 is 0 Å². The molecule has 1 amide bonds. The Morgan fingerprint density at radius 2 is 1.85 bits per heavy atom. The third-order valence-electron chi connectivity index (χ3n) is 6.31. The van der Waals surface area contributed by atoms with Crippen molar-refractivity contribution in [2.75, 3.05) is 47.4 Å². The highest BCUT2D eigenvalue weighted by Gasteiger charge is 2.35. The number of nitrogens with zero attached hydrogens (tertiary/aromatic N) is 6. The molecule has 3 heterocycles. The summed E-state index contributed by atoms with van der Waals surface area (Å²) in [4.78, 5) is 26.8. The minimum Gasteiger partial charge on any atom is -0.497 e. The number of carbonyl (C=O) groups excluding carboxylic acids is 1. The fourth-order valence-electron chi connectivity index (χ4n) is 4.23. The second-order valence-corrected chi connectivity index (χ2v) is 8.53. The van der Waals surface area contributed by atoms with Crippen LogP contribution in [0.3, 0.4) is 0 Å². The van der Waals surface area contributed by atoms with Gasteiger partial charge in [-0.1, -0.05) is 0 Å². The lowest BCUT2D eigenvalue weighted by Gasteiger charge is -2.32. The first-order chi connectivity index (χ1) is 16.1. The van der Waals surface area contributed by atoms with E-state index in [4.69, 9.17) is 14.5 Å². The lowest BCUT2D eigenvalue weighted by molar-refractivity contribution is 0.0663. The summed E-state index contributed by atoms with van der Waals surface area (Å²) >= 11 is 0. The summed E-state index contributed by atoms with van der Waals surface area (Å²) < 4.78 is 12.7. The molecule has 2 aromatic heterocycles. The van der Waals surface area contributed by atoms with Crippen LogP contribution in [0.2, 0.25) is 0 Å². The molecule has 33 heavy (non-hydrogen) atoms. The van der Waals surface area contributed by atoms with Crippen molar-refractivity contribution in [3.05, 3.63) is 47.9 Å². The third kappa shape index (κ3) is 4.16.